The number of rotatable bonds is 10. The van der Waals surface area contributed by atoms with Gasteiger partial charge in [0.1, 0.15) is 6.04 Å². The molecule has 0 aliphatic heterocycles. The van der Waals surface area contributed by atoms with E-state index in [-0.39, 0.29) is 24.1 Å². The van der Waals surface area contributed by atoms with Gasteiger partial charge in [0, 0.05) is 33.9 Å². The second kappa shape index (κ2) is 12.6. The molecule has 0 radical (unpaired) electrons. The Balaban J connectivity index is 2.09. The Labute approximate surface area is 203 Å². The van der Waals surface area contributed by atoms with E-state index < -0.39 is 6.04 Å². The Bertz CT molecular complexity index is 908. The Morgan fingerprint density at radius 2 is 1.71 bits per heavy atom. The fraction of sp³-hybridized carbons (Fsp3) is 0.391. The fourth-order valence-electron chi connectivity index (χ4n) is 2.82. The van der Waals surface area contributed by atoms with Gasteiger partial charge in [-0.15, -0.1) is 11.8 Å². The first kappa shape index (κ1) is 25.9. The van der Waals surface area contributed by atoms with Crippen molar-refractivity contribution in [2.24, 2.45) is 5.92 Å². The molecule has 2 aromatic rings. The molecule has 1 atom stereocenters. The van der Waals surface area contributed by atoms with Crippen LogP contribution in [0.25, 0.3) is 0 Å². The average Bonchev–Trinajstić information content (AvgIpc) is 2.72. The second-order valence-corrected chi connectivity index (χ2v) is 9.89. The highest BCUT2D eigenvalue weighted by molar-refractivity contribution is 7.99. The van der Waals surface area contributed by atoms with Crippen molar-refractivity contribution >= 4 is 58.4 Å². The molecule has 0 fully saturated rings. The van der Waals surface area contributed by atoms with Crippen molar-refractivity contribution in [1.29, 1.82) is 0 Å². The first-order valence-electron chi connectivity index (χ1n) is 10.0. The number of amides is 2. The molecule has 0 spiro atoms. The third-order valence-corrected chi connectivity index (χ3v) is 6.57. The minimum Gasteiger partial charge on any atom is -0.354 e. The summed E-state index contributed by atoms with van der Waals surface area (Å²) in [5.41, 5.74) is 1.70. The number of nitrogens with one attached hydrogen (secondary N) is 1. The summed E-state index contributed by atoms with van der Waals surface area (Å²) in [6, 6.07) is 12.0. The lowest BCUT2D eigenvalue weighted by molar-refractivity contribution is -0.138. The second-order valence-electron chi connectivity index (χ2n) is 7.66. The summed E-state index contributed by atoms with van der Waals surface area (Å²) < 4.78 is 0. The molecule has 2 aromatic carbocycles. The van der Waals surface area contributed by atoms with E-state index in [1.807, 2.05) is 38.1 Å². The van der Waals surface area contributed by atoms with Crippen molar-refractivity contribution in [1.82, 2.24) is 10.2 Å². The fourth-order valence-corrected chi connectivity index (χ4v) is 4.48. The lowest BCUT2D eigenvalue weighted by Gasteiger charge is -2.29. The van der Waals surface area contributed by atoms with Crippen LogP contribution in [0, 0.1) is 5.92 Å². The Kier molecular flexibility index (Phi) is 10.5. The van der Waals surface area contributed by atoms with Crippen LogP contribution < -0.4 is 5.32 Å². The third-order valence-electron chi connectivity index (χ3n) is 4.65. The van der Waals surface area contributed by atoms with Crippen molar-refractivity contribution in [3.8, 4) is 0 Å². The quantitative estimate of drug-likeness (QED) is 0.430. The monoisotopic (exact) mass is 500 g/mol. The summed E-state index contributed by atoms with van der Waals surface area (Å²) in [5, 5.41) is 4.62. The average molecular weight is 502 g/mol. The zero-order valence-electron chi connectivity index (χ0n) is 17.8. The van der Waals surface area contributed by atoms with E-state index in [4.69, 9.17) is 34.8 Å². The van der Waals surface area contributed by atoms with E-state index in [2.05, 4.69) is 5.32 Å². The number of halogens is 3. The van der Waals surface area contributed by atoms with Crippen molar-refractivity contribution in [3.63, 3.8) is 0 Å². The van der Waals surface area contributed by atoms with Crippen LogP contribution in [0.1, 0.15) is 31.9 Å². The highest BCUT2D eigenvalue weighted by atomic mass is 35.5. The van der Waals surface area contributed by atoms with Crippen LogP contribution in [0.15, 0.2) is 42.5 Å². The molecule has 31 heavy (non-hydrogen) atoms. The van der Waals surface area contributed by atoms with Crippen LogP contribution in [0.2, 0.25) is 15.1 Å². The zero-order chi connectivity index (χ0) is 23.0. The van der Waals surface area contributed by atoms with Crippen molar-refractivity contribution in [3.05, 3.63) is 68.7 Å². The summed E-state index contributed by atoms with van der Waals surface area (Å²) in [6.45, 7) is 6.61. The molecular weight excluding hydrogens is 475 g/mol. The minimum absolute atomic E-state index is 0.137. The van der Waals surface area contributed by atoms with Gasteiger partial charge in [0.2, 0.25) is 11.8 Å². The molecule has 1 N–H and O–H groups in total. The molecule has 0 aliphatic carbocycles. The predicted molar refractivity (Wildman–Crippen MR) is 132 cm³/mol. The Hall–Kier alpha value is -1.40. The van der Waals surface area contributed by atoms with Crippen LogP contribution >= 0.6 is 46.6 Å². The molecule has 0 bridgehead atoms. The molecule has 2 rings (SSSR count). The molecule has 168 valence electrons. The van der Waals surface area contributed by atoms with E-state index in [0.29, 0.717) is 33.3 Å². The molecular formula is C23H27Cl3N2O2S. The number of carbonyl (C=O) groups excluding carboxylic acids is 2. The van der Waals surface area contributed by atoms with Gasteiger partial charge in [-0.1, -0.05) is 72.9 Å². The molecule has 0 unspecified atom stereocenters. The van der Waals surface area contributed by atoms with Gasteiger partial charge in [-0.2, -0.15) is 0 Å². The molecule has 8 heteroatoms. The van der Waals surface area contributed by atoms with E-state index in [9.17, 15) is 9.59 Å². The topological polar surface area (TPSA) is 49.4 Å². The normalized spacial score (nSPS) is 12.0. The summed E-state index contributed by atoms with van der Waals surface area (Å²) in [4.78, 5) is 27.3. The van der Waals surface area contributed by atoms with Crippen LogP contribution in [0.3, 0.4) is 0 Å². The molecule has 0 saturated heterocycles. The Morgan fingerprint density at radius 1 is 1.00 bits per heavy atom. The molecule has 0 aliphatic rings. The SMILES string of the molecule is CC(C)CNC(=O)[C@H](C)N(Cc1ccccc1Cl)C(=O)CSCc1ccc(Cl)cc1Cl. The van der Waals surface area contributed by atoms with E-state index in [1.54, 1.807) is 30.0 Å². The molecule has 0 heterocycles. The van der Waals surface area contributed by atoms with Gasteiger partial charge >= 0.3 is 0 Å². The van der Waals surface area contributed by atoms with E-state index in [0.717, 1.165) is 11.1 Å². The van der Waals surface area contributed by atoms with Gasteiger partial charge in [-0.3, -0.25) is 9.59 Å². The van der Waals surface area contributed by atoms with Gasteiger partial charge in [0.15, 0.2) is 0 Å². The maximum absolute atomic E-state index is 13.1. The van der Waals surface area contributed by atoms with E-state index >= 15 is 0 Å². The Morgan fingerprint density at radius 3 is 2.35 bits per heavy atom. The number of hydrogen-bond acceptors (Lipinski definition) is 3. The summed E-state index contributed by atoms with van der Waals surface area (Å²) in [6.07, 6.45) is 0. The van der Waals surface area contributed by atoms with Gasteiger partial charge in [-0.25, -0.2) is 0 Å². The summed E-state index contributed by atoms with van der Waals surface area (Å²) in [5.74, 6) is 0.784. The standard InChI is InChI=1S/C23H27Cl3N2O2S/c1-15(2)11-27-23(30)16(3)28(12-17-6-4-5-7-20(17)25)22(29)14-31-13-18-8-9-19(24)10-21(18)26/h4-10,15-16H,11-14H2,1-3H3,(H,27,30)/t16-/m0/s1. The van der Waals surface area contributed by atoms with Gasteiger partial charge in [0.25, 0.3) is 0 Å². The van der Waals surface area contributed by atoms with Gasteiger partial charge in [-0.05, 0) is 42.2 Å². The first-order valence-corrected chi connectivity index (χ1v) is 12.3. The number of thioether (sulfide) groups is 1. The minimum atomic E-state index is -0.623. The van der Waals surface area contributed by atoms with Crippen molar-refractivity contribution in [2.45, 2.75) is 39.1 Å². The maximum Gasteiger partial charge on any atom is 0.242 e. The number of benzene rings is 2. The molecule has 4 nitrogen and oxygen atoms in total. The molecule has 0 saturated carbocycles. The largest absolute Gasteiger partial charge is 0.354 e. The van der Waals surface area contributed by atoms with Gasteiger partial charge in [0.05, 0.1) is 5.75 Å². The van der Waals surface area contributed by atoms with Crippen LogP contribution in [-0.4, -0.2) is 35.1 Å². The number of carbonyl (C=O) groups is 2. The zero-order valence-corrected chi connectivity index (χ0v) is 20.9. The summed E-state index contributed by atoms with van der Waals surface area (Å²) >= 11 is 19.9. The van der Waals surface area contributed by atoms with Crippen molar-refractivity contribution in [2.75, 3.05) is 12.3 Å². The first-order chi connectivity index (χ1) is 14.7. The van der Waals surface area contributed by atoms with Crippen LogP contribution in [-0.2, 0) is 21.9 Å². The third kappa shape index (κ3) is 8.23. The van der Waals surface area contributed by atoms with Gasteiger partial charge < -0.3 is 10.2 Å². The predicted octanol–water partition coefficient (Wildman–Crippen LogP) is 6.07. The van der Waals surface area contributed by atoms with Crippen LogP contribution in [0.5, 0.6) is 0 Å². The smallest absolute Gasteiger partial charge is 0.242 e. The van der Waals surface area contributed by atoms with Crippen LogP contribution in [0.4, 0.5) is 0 Å². The lowest BCUT2D eigenvalue weighted by atomic mass is 10.1. The summed E-state index contributed by atoms with van der Waals surface area (Å²) in [7, 11) is 0. The van der Waals surface area contributed by atoms with Crippen molar-refractivity contribution < 1.29 is 9.59 Å². The maximum atomic E-state index is 13.1. The van der Waals surface area contributed by atoms with E-state index in [1.165, 1.54) is 11.8 Å². The highest BCUT2D eigenvalue weighted by Gasteiger charge is 2.26. The lowest BCUT2D eigenvalue weighted by Crippen LogP contribution is -2.48. The number of nitrogens with zero attached hydrogens (tertiary/aromatic N) is 1. The highest BCUT2D eigenvalue weighted by Crippen LogP contribution is 2.25. The molecule has 0 aromatic heterocycles. The number of hydrogen-bond donors (Lipinski definition) is 1. The molecule has 2 amide bonds.